The van der Waals surface area contributed by atoms with Gasteiger partial charge in [-0.1, -0.05) is 0 Å². The second-order valence-electron chi connectivity index (χ2n) is 13.3. The van der Waals surface area contributed by atoms with Gasteiger partial charge in [-0.3, -0.25) is 19.2 Å². The van der Waals surface area contributed by atoms with Crippen molar-refractivity contribution in [1.82, 2.24) is 14.8 Å². The van der Waals surface area contributed by atoms with Gasteiger partial charge in [0.15, 0.2) is 5.76 Å². The number of carbonyl (C=O) groups is 4. The van der Waals surface area contributed by atoms with E-state index in [-0.39, 0.29) is 73.5 Å². The lowest BCUT2D eigenvalue weighted by atomic mass is 10.1. The molecule has 0 unspecified atom stereocenters. The van der Waals surface area contributed by atoms with Crippen LogP contribution in [-0.4, -0.2) is 86.0 Å². The molecule has 12 nitrogen and oxygen atoms in total. The Bertz CT molecular complexity index is 1530. The number of carbonyl (C=O) groups excluding carboxylic acids is 4. The maximum absolute atomic E-state index is 12.8. The molecular weight excluding hydrogens is 602 g/mol. The van der Waals surface area contributed by atoms with Crippen LogP contribution in [0.3, 0.4) is 0 Å². The maximum Gasteiger partial charge on any atom is 0.226 e. The topological polar surface area (TPSA) is 165 Å². The van der Waals surface area contributed by atoms with E-state index in [1.807, 2.05) is 12.1 Å². The molecule has 0 bridgehead atoms. The van der Waals surface area contributed by atoms with Crippen molar-refractivity contribution in [3.05, 3.63) is 54.7 Å². The van der Waals surface area contributed by atoms with E-state index in [1.54, 1.807) is 52.4 Å². The third-order valence-corrected chi connectivity index (χ3v) is 9.42. The van der Waals surface area contributed by atoms with E-state index in [1.165, 1.54) is 0 Å². The van der Waals surface area contributed by atoms with Crippen LogP contribution < -0.4 is 10.6 Å². The third kappa shape index (κ3) is 7.23. The fraction of sp³-hybridized carbons (Fsp3) is 0.457. The number of β-amino-alcohol motifs (C(OH)–C–C–N with tert-alkyl or cyclic N) is 2. The Kier molecular flexibility index (Phi) is 8.54. The molecule has 246 valence electrons. The fourth-order valence-corrected chi connectivity index (χ4v) is 6.65. The number of nitrogens with zero attached hydrogens (tertiary/aromatic N) is 3. The van der Waals surface area contributed by atoms with Crippen LogP contribution in [0.25, 0.3) is 22.8 Å². The molecular formula is C35H39N5O7. The van der Waals surface area contributed by atoms with Gasteiger partial charge in [-0.15, -0.1) is 0 Å². The fourth-order valence-electron chi connectivity index (χ4n) is 6.65. The summed E-state index contributed by atoms with van der Waals surface area (Å²) in [6.45, 7) is 0.578. The quantitative estimate of drug-likeness (QED) is 0.262. The Labute approximate surface area is 272 Å². The van der Waals surface area contributed by atoms with Gasteiger partial charge in [0.25, 0.3) is 0 Å². The highest BCUT2D eigenvalue weighted by Crippen LogP contribution is 2.36. The monoisotopic (exact) mass is 641 g/mol. The van der Waals surface area contributed by atoms with Gasteiger partial charge in [0.1, 0.15) is 0 Å². The minimum absolute atomic E-state index is 0.0439. The van der Waals surface area contributed by atoms with Crippen molar-refractivity contribution in [1.29, 1.82) is 0 Å². The molecule has 0 spiro atoms. The maximum atomic E-state index is 12.8. The molecule has 2 aliphatic heterocycles. The molecule has 0 radical (unpaired) electrons. The number of aliphatic hydroxyl groups is 2. The van der Waals surface area contributed by atoms with Gasteiger partial charge >= 0.3 is 0 Å². The lowest BCUT2D eigenvalue weighted by molar-refractivity contribution is -0.135. The zero-order valence-electron chi connectivity index (χ0n) is 26.0. The Morgan fingerprint density at radius 2 is 1.15 bits per heavy atom. The largest absolute Gasteiger partial charge is 0.436 e. The normalized spacial score (nSPS) is 24.0. The number of rotatable bonds is 10. The first-order valence-electron chi connectivity index (χ1n) is 16.4. The first-order valence-corrected chi connectivity index (χ1v) is 16.4. The van der Waals surface area contributed by atoms with Crippen molar-refractivity contribution in [3.63, 3.8) is 0 Å². The molecule has 4 aliphatic rings. The summed E-state index contributed by atoms with van der Waals surface area (Å²) in [5.41, 5.74) is 2.72. The van der Waals surface area contributed by atoms with Crippen LogP contribution in [0, 0.1) is 11.8 Å². The summed E-state index contributed by atoms with van der Waals surface area (Å²) < 4.78 is 6.00. The van der Waals surface area contributed by atoms with E-state index in [2.05, 4.69) is 15.6 Å². The Hall–Kier alpha value is -4.55. The van der Waals surface area contributed by atoms with Crippen molar-refractivity contribution in [2.45, 2.75) is 75.7 Å². The van der Waals surface area contributed by atoms with E-state index in [0.29, 0.717) is 35.9 Å². The lowest BCUT2D eigenvalue weighted by Gasteiger charge is -2.24. The number of likely N-dealkylation sites (tertiary alicyclic amines) is 2. The van der Waals surface area contributed by atoms with Crippen LogP contribution in [0.5, 0.6) is 0 Å². The van der Waals surface area contributed by atoms with Crippen LogP contribution in [0.4, 0.5) is 11.4 Å². The van der Waals surface area contributed by atoms with Gasteiger partial charge in [0.05, 0.1) is 18.4 Å². The molecule has 1 aromatic heterocycles. The van der Waals surface area contributed by atoms with E-state index in [9.17, 15) is 29.4 Å². The highest BCUT2D eigenvalue weighted by molar-refractivity contribution is 5.93. The minimum Gasteiger partial charge on any atom is -0.436 e. The van der Waals surface area contributed by atoms with Gasteiger partial charge in [0, 0.05) is 72.4 Å². The summed E-state index contributed by atoms with van der Waals surface area (Å²) in [5.74, 6) is 0.711. The minimum atomic E-state index is -0.598. The predicted octanol–water partition coefficient (Wildman–Crippen LogP) is 3.41. The molecule has 12 heteroatoms. The predicted molar refractivity (Wildman–Crippen MR) is 172 cm³/mol. The van der Waals surface area contributed by atoms with Gasteiger partial charge in [0.2, 0.25) is 29.5 Å². The molecule has 2 saturated carbocycles. The lowest BCUT2D eigenvalue weighted by Crippen LogP contribution is -2.39. The van der Waals surface area contributed by atoms with E-state index < -0.39 is 12.2 Å². The summed E-state index contributed by atoms with van der Waals surface area (Å²) in [4.78, 5) is 58.4. The Morgan fingerprint density at radius 1 is 0.702 bits per heavy atom. The van der Waals surface area contributed by atoms with Crippen molar-refractivity contribution in [3.8, 4) is 22.8 Å². The van der Waals surface area contributed by atoms with Crippen molar-refractivity contribution >= 4 is 35.0 Å². The summed E-state index contributed by atoms with van der Waals surface area (Å²) in [5, 5.41) is 26.0. The first-order chi connectivity index (χ1) is 22.7. The number of hydrogen-bond acceptors (Lipinski definition) is 8. The average Bonchev–Trinajstić information content (AvgIpc) is 3.97. The third-order valence-electron chi connectivity index (χ3n) is 9.42. The second-order valence-corrected chi connectivity index (χ2v) is 13.3. The molecule has 4 atom stereocenters. The van der Waals surface area contributed by atoms with E-state index >= 15 is 0 Å². The van der Waals surface area contributed by atoms with Crippen LogP contribution in [-0.2, 0) is 19.2 Å². The molecule has 2 aromatic carbocycles. The summed E-state index contributed by atoms with van der Waals surface area (Å²) >= 11 is 0. The second kappa shape index (κ2) is 12.9. The number of aromatic nitrogens is 1. The molecule has 4 fully saturated rings. The number of anilines is 2. The molecule has 4 N–H and O–H groups in total. The van der Waals surface area contributed by atoms with Crippen molar-refractivity contribution in [2.75, 3.05) is 23.7 Å². The van der Waals surface area contributed by atoms with Gasteiger partial charge < -0.3 is 35.1 Å². The zero-order chi connectivity index (χ0) is 32.7. The number of oxazole rings is 1. The van der Waals surface area contributed by atoms with Crippen LogP contribution in [0.1, 0.15) is 51.4 Å². The summed E-state index contributed by atoms with van der Waals surface area (Å²) in [6, 6.07) is 13.7. The molecule has 4 amide bonds. The Morgan fingerprint density at radius 3 is 1.60 bits per heavy atom. The smallest absolute Gasteiger partial charge is 0.226 e. The number of aliphatic hydroxyl groups excluding tert-OH is 2. The SMILES string of the molecule is O=C(C[C@@H]1C[C@@H](O)CN1C(=O)C1CC1)Nc1ccc(-c2cnc(-c3ccc(NC(=O)C[C@@H]4C[C@@H](O)CN4C(=O)C4CC4)cc3)o2)cc1. The van der Waals surface area contributed by atoms with Crippen molar-refractivity contribution < 1.29 is 33.8 Å². The number of benzene rings is 2. The zero-order valence-corrected chi connectivity index (χ0v) is 26.0. The number of hydrogen-bond donors (Lipinski definition) is 4. The molecule has 47 heavy (non-hydrogen) atoms. The summed E-state index contributed by atoms with van der Waals surface area (Å²) in [6.07, 6.45) is 5.04. The number of nitrogens with one attached hydrogen (secondary N) is 2. The Balaban J connectivity index is 0.912. The molecule has 2 aliphatic carbocycles. The first kappa shape index (κ1) is 31.1. The van der Waals surface area contributed by atoms with Crippen molar-refractivity contribution in [2.24, 2.45) is 11.8 Å². The van der Waals surface area contributed by atoms with E-state index in [4.69, 9.17) is 4.42 Å². The van der Waals surface area contributed by atoms with Crippen LogP contribution in [0.2, 0.25) is 0 Å². The molecule has 3 aromatic rings. The average molecular weight is 642 g/mol. The summed E-state index contributed by atoms with van der Waals surface area (Å²) in [7, 11) is 0. The molecule has 2 saturated heterocycles. The van der Waals surface area contributed by atoms with Crippen LogP contribution in [0.15, 0.2) is 59.1 Å². The number of amides is 4. The van der Waals surface area contributed by atoms with E-state index in [0.717, 1.165) is 36.8 Å². The molecule has 3 heterocycles. The van der Waals surface area contributed by atoms with Gasteiger partial charge in [-0.05, 0) is 87.1 Å². The van der Waals surface area contributed by atoms with Gasteiger partial charge in [-0.25, -0.2) is 4.98 Å². The molecule has 7 rings (SSSR count). The van der Waals surface area contributed by atoms with Gasteiger partial charge in [-0.2, -0.15) is 0 Å². The highest BCUT2D eigenvalue weighted by atomic mass is 16.4. The standard InChI is InChI=1S/C35H39N5O7/c41-28-13-26(39(18-28)34(45)22-1-2-22)15-31(43)37-24-9-5-20(6-10-24)30-17-36-33(47-30)21-7-11-25(12-8-21)38-32(44)16-27-14-29(42)19-40(27)35(46)23-3-4-23/h5-12,17,22-23,26-29,41-42H,1-4,13-16,18-19H2,(H,37,43)(H,38,44)/t26-,27-,28+,29+/m0/s1. The highest BCUT2D eigenvalue weighted by Gasteiger charge is 2.42. The van der Waals surface area contributed by atoms with Crippen LogP contribution >= 0.6 is 0 Å².